The number of aromatic hydroxyl groups is 1. The smallest absolute Gasteiger partial charge is 0.226 e. The van der Waals surface area contributed by atoms with Crippen LogP contribution in [0, 0.1) is 13.8 Å². The van der Waals surface area contributed by atoms with E-state index < -0.39 is 0 Å². The molecule has 5 rings (SSSR count). The van der Waals surface area contributed by atoms with Crippen molar-refractivity contribution in [1.29, 1.82) is 0 Å². The highest BCUT2D eigenvalue weighted by atomic mass is 32.1. The molecule has 2 aromatic carbocycles. The molecule has 0 aliphatic carbocycles. The number of nitrogens with zero attached hydrogens (tertiary/aromatic N) is 3. The summed E-state index contributed by atoms with van der Waals surface area (Å²) in [5, 5.41) is 18.5. The largest absolute Gasteiger partial charge is 0.504 e. The molecule has 2 aromatic heterocycles. The lowest BCUT2D eigenvalue weighted by Crippen LogP contribution is -2.25. The number of rotatable bonds is 4. The molecule has 0 bridgehead atoms. The van der Waals surface area contributed by atoms with Gasteiger partial charge in [-0.15, -0.1) is 0 Å². The van der Waals surface area contributed by atoms with Crippen LogP contribution in [0.1, 0.15) is 41.6 Å². The summed E-state index contributed by atoms with van der Waals surface area (Å²) in [6, 6.07) is 11.4. The molecule has 1 aliphatic rings. The van der Waals surface area contributed by atoms with Crippen LogP contribution < -0.4 is 10.1 Å². The quantitative estimate of drug-likeness (QED) is 0.487. The number of fused-ring (bicyclic) bond motifs is 2. The van der Waals surface area contributed by atoms with E-state index in [0.717, 1.165) is 27.0 Å². The Labute approximate surface area is 183 Å². The number of amides is 1. The van der Waals surface area contributed by atoms with Crippen molar-refractivity contribution in [2.75, 3.05) is 11.9 Å². The molecule has 158 valence electrons. The van der Waals surface area contributed by atoms with Gasteiger partial charge >= 0.3 is 0 Å². The zero-order valence-corrected chi connectivity index (χ0v) is 18.3. The van der Waals surface area contributed by atoms with Crippen LogP contribution in [0.15, 0.2) is 36.4 Å². The van der Waals surface area contributed by atoms with Gasteiger partial charge in [0.2, 0.25) is 11.0 Å². The number of ether oxygens (including phenoxy) is 1. The van der Waals surface area contributed by atoms with Crippen LogP contribution in [0.5, 0.6) is 11.5 Å². The van der Waals surface area contributed by atoms with Crippen molar-refractivity contribution in [2.45, 2.75) is 33.1 Å². The molecule has 0 saturated carbocycles. The van der Waals surface area contributed by atoms with Gasteiger partial charge in [-0.1, -0.05) is 23.5 Å². The zero-order chi connectivity index (χ0) is 21.7. The molecule has 31 heavy (non-hydrogen) atoms. The van der Waals surface area contributed by atoms with Crippen LogP contribution in [0.25, 0.3) is 15.3 Å². The topological polar surface area (TPSA) is 89.3 Å². The molecule has 1 atom stereocenters. The van der Waals surface area contributed by atoms with Crippen LogP contribution in [0.4, 0.5) is 5.82 Å². The number of carbonyl (C=O) groups is 1. The van der Waals surface area contributed by atoms with Crippen molar-refractivity contribution in [3.8, 4) is 16.6 Å². The number of aryl methyl sites for hydroxylation is 2. The van der Waals surface area contributed by atoms with Gasteiger partial charge in [0.25, 0.3) is 0 Å². The van der Waals surface area contributed by atoms with E-state index in [4.69, 9.17) is 14.8 Å². The summed E-state index contributed by atoms with van der Waals surface area (Å²) in [6.07, 6.45) is 0.301. The van der Waals surface area contributed by atoms with Gasteiger partial charge in [-0.3, -0.25) is 4.79 Å². The van der Waals surface area contributed by atoms with Crippen molar-refractivity contribution in [3.05, 3.63) is 58.8 Å². The van der Waals surface area contributed by atoms with E-state index >= 15 is 0 Å². The molecule has 8 heteroatoms. The first-order valence-corrected chi connectivity index (χ1v) is 11.0. The maximum absolute atomic E-state index is 12.6. The number of hydrogen-bond donors (Lipinski definition) is 2. The maximum Gasteiger partial charge on any atom is 0.226 e. The van der Waals surface area contributed by atoms with E-state index in [2.05, 4.69) is 18.3 Å². The van der Waals surface area contributed by atoms with E-state index in [-0.39, 0.29) is 17.6 Å². The molecule has 1 aliphatic heterocycles. The number of carbonyl (C=O) groups excluding carboxylic acids is 1. The standard InChI is InChI=1S/C23H22N4O3S/c1-4-30-18-10-14(6-8-17(18)28)15-11-20(29)25-22-21(15)13(3)26-27(22)23-24-16-7-5-12(2)9-19(16)31-23/h5-10,15,28H,4,11H2,1-3H3,(H,25,29)/t15-/m1/s1. The van der Waals surface area contributed by atoms with Gasteiger partial charge in [0.1, 0.15) is 5.82 Å². The average Bonchev–Trinajstić information content (AvgIpc) is 3.29. The number of anilines is 1. The van der Waals surface area contributed by atoms with Gasteiger partial charge in [-0.05, 0) is 56.2 Å². The van der Waals surface area contributed by atoms with Gasteiger partial charge < -0.3 is 15.2 Å². The molecule has 4 aromatic rings. The number of nitrogens with one attached hydrogen (secondary N) is 1. The molecular weight excluding hydrogens is 412 g/mol. The zero-order valence-electron chi connectivity index (χ0n) is 17.5. The fourth-order valence-corrected chi connectivity index (χ4v) is 5.12. The fourth-order valence-electron chi connectivity index (χ4n) is 4.10. The lowest BCUT2D eigenvalue weighted by atomic mass is 9.85. The first-order valence-electron chi connectivity index (χ1n) is 10.2. The summed E-state index contributed by atoms with van der Waals surface area (Å²) in [6.45, 7) is 6.31. The Kier molecular flexibility index (Phi) is 4.66. The van der Waals surface area contributed by atoms with Crippen molar-refractivity contribution < 1.29 is 14.6 Å². The number of thiazole rings is 1. The van der Waals surface area contributed by atoms with Crippen molar-refractivity contribution in [3.63, 3.8) is 0 Å². The third-order valence-electron chi connectivity index (χ3n) is 5.50. The molecule has 0 unspecified atom stereocenters. The average molecular weight is 435 g/mol. The number of phenols is 1. The van der Waals surface area contributed by atoms with Gasteiger partial charge in [0, 0.05) is 17.9 Å². The van der Waals surface area contributed by atoms with E-state index in [1.165, 1.54) is 5.56 Å². The Morgan fingerprint density at radius 2 is 2.10 bits per heavy atom. The Balaban J connectivity index is 1.63. The van der Waals surface area contributed by atoms with Crippen molar-refractivity contribution >= 4 is 33.3 Å². The normalized spacial score (nSPS) is 15.7. The summed E-state index contributed by atoms with van der Waals surface area (Å²) in [7, 11) is 0. The molecule has 0 saturated heterocycles. The molecule has 0 spiro atoms. The Morgan fingerprint density at radius 1 is 1.26 bits per heavy atom. The van der Waals surface area contributed by atoms with Crippen LogP contribution in [-0.4, -0.2) is 32.4 Å². The lowest BCUT2D eigenvalue weighted by Gasteiger charge is -2.24. The third kappa shape index (κ3) is 3.33. The first kappa shape index (κ1) is 19.6. The minimum Gasteiger partial charge on any atom is -0.504 e. The summed E-state index contributed by atoms with van der Waals surface area (Å²) < 4.78 is 8.37. The molecule has 7 nitrogen and oxygen atoms in total. The Bertz CT molecular complexity index is 1320. The maximum atomic E-state index is 12.6. The van der Waals surface area contributed by atoms with Gasteiger partial charge in [-0.2, -0.15) is 9.78 Å². The number of hydrogen-bond acceptors (Lipinski definition) is 6. The monoisotopic (exact) mass is 434 g/mol. The fraction of sp³-hybridized carbons (Fsp3) is 0.261. The number of phenolic OH excluding ortho intramolecular Hbond substituents is 1. The Hall–Kier alpha value is -3.39. The Morgan fingerprint density at radius 3 is 2.90 bits per heavy atom. The molecule has 1 amide bonds. The summed E-state index contributed by atoms with van der Waals surface area (Å²) in [5.41, 5.74) is 4.78. The predicted molar refractivity (Wildman–Crippen MR) is 121 cm³/mol. The molecule has 2 N–H and O–H groups in total. The van der Waals surface area contributed by atoms with Gasteiger partial charge in [0.15, 0.2) is 11.5 Å². The second kappa shape index (κ2) is 7.39. The van der Waals surface area contributed by atoms with E-state index in [1.807, 2.05) is 38.1 Å². The SMILES string of the molecule is CCOc1cc([C@H]2CC(=O)Nc3c2c(C)nn3-c2nc3ccc(C)cc3s2)ccc1O. The molecule has 3 heterocycles. The van der Waals surface area contributed by atoms with E-state index in [1.54, 1.807) is 22.1 Å². The highest BCUT2D eigenvalue weighted by Crippen LogP contribution is 2.43. The summed E-state index contributed by atoms with van der Waals surface area (Å²) in [4.78, 5) is 17.4. The second-order valence-corrected chi connectivity index (χ2v) is 8.70. The van der Waals surface area contributed by atoms with E-state index in [0.29, 0.717) is 29.7 Å². The third-order valence-corrected chi connectivity index (χ3v) is 6.50. The van der Waals surface area contributed by atoms with Crippen LogP contribution in [0.3, 0.4) is 0 Å². The van der Waals surface area contributed by atoms with E-state index in [9.17, 15) is 9.90 Å². The highest BCUT2D eigenvalue weighted by Gasteiger charge is 2.33. The molecule has 0 fully saturated rings. The lowest BCUT2D eigenvalue weighted by molar-refractivity contribution is -0.116. The summed E-state index contributed by atoms with van der Waals surface area (Å²) >= 11 is 1.54. The van der Waals surface area contributed by atoms with Crippen molar-refractivity contribution in [2.24, 2.45) is 0 Å². The molecular formula is C23H22N4O3S. The van der Waals surface area contributed by atoms with Crippen molar-refractivity contribution in [1.82, 2.24) is 14.8 Å². The second-order valence-electron chi connectivity index (χ2n) is 7.69. The summed E-state index contributed by atoms with van der Waals surface area (Å²) in [5.74, 6) is 0.888. The molecule has 0 radical (unpaired) electrons. The van der Waals surface area contributed by atoms with Gasteiger partial charge in [0.05, 0.1) is 22.5 Å². The number of benzene rings is 2. The minimum atomic E-state index is -0.186. The van der Waals surface area contributed by atoms with Crippen LogP contribution in [0.2, 0.25) is 0 Å². The van der Waals surface area contributed by atoms with Crippen LogP contribution in [-0.2, 0) is 4.79 Å². The number of aromatic nitrogens is 3. The van der Waals surface area contributed by atoms with Crippen LogP contribution >= 0.6 is 11.3 Å². The first-order chi connectivity index (χ1) is 14.9. The van der Waals surface area contributed by atoms with Gasteiger partial charge in [-0.25, -0.2) is 4.98 Å². The highest BCUT2D eigenvalue weighted by molar-refractivity contribution is 7.20. The predicted octanol–water partition coefficient (Wildman–Crippen LogP) is 4.68. The minimum absolute atomic E-state index is 0.0818.